The second-order valence-electron chi connectivity index (χ2n) is 5.39. The summed E-state index contributed by atoms with van der Waals surface area (Å²) < 4.78 is 5.03. The number of hydrogen-bond acceptors (Lipinski definition) is 4. The summed E-state index contributed by atoms with van der Waals surface area (Å²) in [5.74, 6) is -0.134. The molecule has 0 aliphatic heterocycles. The first kappa shape index (κ1) is 16.7. The van der Waals surface area contributed by atoms with Crippen LogP contribution in [0.1, 0.15) is 32.6 Å². The van der Waals surface area contributed by atoms with Gasteiger partial charge in [-0.1, -0.05) is 18.5 Å². The molecule has 0 bridgehead atoms. The van der Waals surface area contributed by atoms with Crippen molar-refractivity contribution < 1.29 is 9.53 Å². The lowest BCUT2D eigenvalue weighted by Gasteiger charge is -2.39. The van der Waals surface area contributed by atoms with Crippen molar-refractivity contribution in [3.63, 3.8) is 0 Å². The smallest absolute Gasteiger partial charge is 0.326 e. The predicted octanol–water partition coefficient (Wildman–Crippen LogP) is 3.90. The fourth-order valence-corrected chi connectivity index (χ4v) is 4.44. The molecule has 2 atom stereocenters. The number of halogens is 1. The molecule has 1 aliphatic carbocycles. The van der Waals surface area contributed by atoms with Crippen LogP contribution in [0, 0.1) is 0 Å². The number of methoxy groups -OCH3 is 1. The second-order valence-corrected chi connectivity index (χ2v) is 7.20. The number of likely N-dealkylation sites (N-methyl/N-ethyl adjacent to an activating group) is 1. The van der Waals surface area contributed by atoms with E-state index in [1.54, 1.807) is 0 Å². The number of benzene rings is 1. The van der Waals surface area contributed by atoms with Crippen LogP contribution >= 0.6 is 23.4 Å². The van der Waals surface area contributed by atoms with E-state index < -0.39 is 5.54 Å². The number of thioether (sulfide) groups is 1. The van der Waals surface area contributed by atoms with Gasteiger partial charge in [0.2, 0.25) is 0 Å². The van der Waals surface area contributed by atoms with E-state index in [2.05, 4.69) is 5.32 Å². The van der Waals surface area contributed by atoms with Gasteiger partial charge >= 0.3 is 5.97 Å². The Labute approximate surface area is 135 Å². The van der Waals surface area contributed by atoms with Crippen molar-refractivity contribution in [1.29, 1.82) is 0 Å². The molecule has 2 rings (SSSR count). The van der Waals surface area contributed by atoms with Crippen molar-refractivity contribution in [2.24, 2.45) is 0 Å². The van der Waals surface area contributed by atoms with Gasteiger partial charge in [0.05, 0.1) is 7.11 Å². The van der Waals surface area contributed by atoms with Gasteiger partial charge in [0.25, 0.3) is 0 Å². The van der Waals surface area contributed by atoms with Crippen molar-refractivity contribution in [3.8, 4) is 0 Å². The fourth-order valence-electron chi connectivity index (χ4n) is 2.98. The molecule has 1 aromatic rings. The molecule has 5 heteroatoms. The van der Waals surface area contributed by atoms with Crippen LogP contribution in [0.25, 0.3) is 0 Å². The topological polar surface area (TPSA) is 38.3 Å². The van der Waals surface area contributed by atoms with E-state index in [1.807, 2.05) is 43.0 Å². The molecule has 0 saturated heterocycles. The Morgan fingerprint density at radius 2 is 2.19 bits per heavy atom. The molecule has 0 aromatic heterocycles. The third-order valence-electron chi connectivity index (χ3n) is 3.91. The zero-order valence-electron chi connectivity index (χ0n) is 12.5. The Morgan fingerprint density at radius 1 is 1.48 bits per heavy atom. The lowest BCUT2D eigenvalue weighted by Crippen LogP contribution is -2.55. The number of nitrogens with one attached hydrogen (secondary N) is 1. The maximum absolute atomic E-state index is 12.2. The summed E-state index contributed by atoms with van der Waals surface area (Å²) in [6.45, 7) is 2.80. The molecule has 0 amide bonds. The van der Waals surface area contributed by atoms with Gasteiger partial charge in [0, 0.05) is 15.2 Å². The van der Waals surface area contributed by atoms with Crippen LogP contribution in [0.4, 0.5) is 0 Å². The first-order valence-corrected chi connectivity index (χ1v) is 8.61. The van der Waals surface area contributed by atoms with E-state index in [1.165, 1.54) is 12.0 Å². The van der Waals surface area contributed by atoms with Crippen molar-refractivity contribution in [1.82, 2.24) is 5.32 Å². The van der Waals surface area contributed by atoms with Crippen LogP contribution in [0.3, 0.4) is 0 Å². The summed E-state index contributed by atoms with van der Waals surface area (Å²) >= 11 is 7.74. The lowest BCUT2D eigenvalue weighted by atomic mass is 9.81. The molecule has 1 aliphatic rings. The monoisotopic (exact) mass is 327 g/mol. The van der Waals surface area contributed by atoms with Gasteiger partial charge in [0.15, 0.2) is 0 Å². The quantitative estimate of drug-likeness (QED) is 0.832. The number of carbonyl (C=O) groups excluding carboxylic acids is 1. The van der Waals surface area contributed by atoms with Crippen molar-refractivity contribution >= 4 is 29.3 Å². The highest BCUT2D eigenvalue weighted by Gasteiger charge is 2.43. The third-order valence-corrected chi connectivity index (χ3v) is 5.45. The average molecular weight is 328 g/mol. The normalized spacial score (nSPS) is 25.6. The highest BCUT2D eigenvalue weighted by molar-refractivity contribution is 8.00. The number of rotatable bonds is 5. The standard InChI is InChI=1S/C16H22ClNO2S/c1-3-18-16(15(19)20-2)10-4-5-14(11-16)21-13-8-6-12(17)7-9-13/h6-9,14,18H,3-5,10-11H2,1-2H3. The first-order valence-electron chi connectivity index (χ1n) is 7.35. The van der Waals surface area contributed by atoms with Crippen LogP contribution in [-0.2, 0) is 9.53 Å². The van der Waals surface area contributed by atoms with Gasteiger partial charge in [-0.15, -0.1) is 11.8 Å². The average Bonchev–Trinajstić information content (AvgIpc) is 2.49. The summed E-state index contributed by atoms with van der Waals surface area (Å²) in [7, 11) is 1.47. The molecule has 3 nitrogen and oxygen atoms in total. The van der Waals surface area contributed by atoms with Crippen LogP contribution in [0.5, 0.6) is 0 Å². The van der Waals surface area contributed by atoms with Gasteiger partial charge in [-0.3, -0.25) is 4.79 Å². The zero-order valence-corrected chi connectivity index (χ0v) is 14.1. The molecular weight excluding hydrogens is 306 g/mol. The Balaban J connectivity index is 2.07. The molecular formula is C16H22ClNO2S. The molecule has 21 heavy (non-hydrogen) atoms. The van der Waals surface area contributed by atoms with Crippen LogP contribution in [-0.4, -0.2) is 30.4 Å². The lowest BCUT2D eigenvalue weighted by molar-refractivity contribution is -0.150. The van der Waals surface area contributed by atoms with E-state index in [0.29, 0.717) is 5.25 Å². The highest BCUT2D eigenvalue weighted by Crippen LogP contribution is 2.39. The van der Waals surface area contributed by atoms with E-state index in [0.717, 1.165) is 37.3 Å². The van der Waals surface area contributed by atoms with Crippen LogP contribution in [0.2, 0.25) is 5.02 Å². The van der Waals surface area contributed by atoms with E-state index in [9.17, 15) is 4.79 Å². The third kappa shape index (κ3) is 4.15. The van der Waals surface area contributed by atoms with Crippen molar-refractivity contribution in [2.75, 3.05) is 13.7 Å². The minimum Gasteiger partial charge on any atom is -0.468 e. The maximum atomic E-state index is 12.2. The largest absolute Gasteiger partial charge is 0.468 e. The summed E-state index contributed by atoms with van der Waals surface area (Å²) in [5, 5.41) is 4.53. The number of hydrogen-bond donors (Lipinski definition) is 1. The Kier molecular flexibility index (Phi) is 5.97. The van der Waals surface area contributed by atoms with Gasteiger partial charge < -0.3 is 10.1 Å². The van der Waals surface area contributed by atoms with Crippen molar-refractivity contribution in [2.45, 2.75) is 48.3 Å². The SMILES string of the molecule is CCNC1(C(=O)OC)CCCC(Sc2ccc(Cl)cc2)C1. The van der Waals surface area contributed by atoms with Crippen LogP contribution in [0.15, 0.2) is 29.2 Å². The van der Waals surface area contributed by atoms with Crippen LogP contribution < -0.4 is 5.32 Å². The van der Waals surface area contributed by atoms with Gasteiger partial charge in [-0.05, 0) is 56.5 Å². The summed E-state index contributed by atoms with van der Waals surface area (Å²) in [6.07, 6.45) is 3.82. The summed E-state index contributed by atoms with van der Waals surface area (Å²) in [4.78, 5) is 13.4. The molecule has 1 saturated carbocycles. The Morgan fingerprint density at radius 3 is 2.81 bits per heavy atom. The minimum absolute atomic E-state index is 0.134. The maximum Gasteiger partial charge on any atom is 0.326 e. The van der Waals surface area contributed by atoms with Gasteiger partial charge in [-0.2, -0.15) is 0 Å². The van der Waals surface area contributed by atoms with E-state index >= 15 is 0 Å². The summed E-state index contributed by atoms with van der Waals surface area (Å²) in [5.41, 5.74) is -0.522. The zero-order chi connectivity index (χ0) is 15.3. The molecule has 0 spiro atoms. The molecule has 0 radical (unpaired) electrons. The molecule has 1 aromatic carbocycles. The minimum atomic E-state index is -0.522. The van der Waals surface area contributed by atoms with E-state index in [4.69, 9.17) is 16.3 Å². The highest BCUT2D eigenvalue weighted by atomic mass is 35.5. The number of esters is 1. The Hall–Kier alpha value is -0.710. The number of ether oxygens (including phenoxy) is 1. The first-order chi connectivity index (χ1) is 10.1. The van der Waals surface area contributed by atoms with Gasteiger partial charge in [-0.25, -0.2) is 0 Å². The molecule has 2 unspecified atom stereocenters. The van der Waals surface area contributed by atoms with Gasteiger partial charge in [0.1, 0.15) is 5.54 Å². The predicted molar refractivity (Wildman–Crippen MR) is 88.0 cm³/mol. The molecule has 1 N–H and O–H groups in total. The Bertz CT molecular complexity index is 476. The van der Waals surface area contributed by atoms with E-state index in [-0.39, 0.29) is 5.97 Å². The molecule has 0 heterocycles. The summed E-state index contributed by atoms with van der Waals surface area (Å²) in [6, 6.07) is 7.89. The second kappa shape index (κ2) is 7.52. The number of carbonyl (C=O) groups is 1. The van der Waals surface area contributed by atoms with Crippen molar-refractivity contribution in [3.05, 3.63) is 29.3 Å². The molecule has 1 fully saturated rings. The fraction of sp³-hybridized carbons (Fsp3) is 0.562. The molecule has 116 valence electrons.